The molecule has 4 rings (SSSR count). The molecule has 0 aromatic heterocycles. The molecular formula is C22H20N4O7. The number of imide groups is 1. The van der Waals surface area contributed by atoms with Crippen LogP contribution >= 0.6 is 0 Å². The summed E-state index contributed by atoms with van der Waals surface area (Å²) in [7, 11) is 0. The Balaban J connectivity index is 1.38. The van der Waals surface area contributed by atoms with E-state index in [0.717, 1.165) is 16.9 Å². The molecule has 2 aromatic rings. The smallest absolute Gasteiger partial charge is 0.326 e. The topological polar surface area (TPSA) is 148 Å². The van der Waals surface area contributed by atoms with Gasteiger partial charge in [0, 0.05) is 6.07 Å². The van der Waals surface area contributed by atoms with E-state index < -0.39 is 47.4 Å². The highest BCUT2D eigenvalue weighted by atomic mass is 16.6. The number of urea groups is 1. The summed E-state index contributed by atoms with van der Waals surface area (Å²) in [5.41, 5.74) is 0.114. The maximum Gasteiger partial charge on any atom is 0.326 e. The second-order valence-corrected chi connectivity index (χ2v) is 7.72. The molecule has 1 atom stereocenters. The molecule has 1 heterocycles. The third-order valence-corrected chi connectivity index (χ3v) is 5.68. The van der Waals surface area contributed by atoms with Crippen molar-refractivity contribution in [1.82, 2.24) is 10.2 Å². The number of anilines is 1. The molecule has 1 unspecified atom stereocenters. The van der Waals surface area contributed by atoms with Gasteiger partial charge in [-0.3, -0.25) is 29.4 Å². The maximum atomic E-state index is 13.2. The Morgan fingerprint density at radius 2 is 1.88 bits per heavy atom. The molecule has 0 radical (unpaired) electrons. The first kappa shape index (κ1) is 21.9. The second kappa shape index (κ2) is 8.69. The van der Waals surface area contributed by atoms with Crippen LogP contribution in [0.15, 0.2) is 48.5 Å². The van der Waals surface area contributed by atoms with Crippen molar-refractivity contribution < 1.29 is 28.8 Å². The van der Waals surface area contributed by atoms with Crippen LogP contribution in [-0.4, -0.2) is 46.8 Å². The summed E-state index contributed by atoms with van der Waals surface area (Å²) in [5, 5.41) is 16.1. The molecule has 1 aliphatic carbocycles. The van der Waals surface area contributed by atoms with E-state index in [0.29, 0.717) is 18.4 Å². The lowest BCUT2D eigenvalue weighted by molar-refractivity contribution is -0.383. The van der Waals surface area contributed by atoms with Gasteiger partial charge in [0.2, 0.25) is 0 Å². The zero-order chi connectivity index (χ0) is 23.6. The highest BCUT2D eigenvalue weighted by molar-refractivity contribution is 6.09. The van der Waals surface area contributed by atoms with Gasteiger partial charge in [0.25, 0.3) is 17.5 Å². The number of hydrogen-bond acceptors (Lipinski definition) is 7. The molecule has 1 spiro atoms. The fourth-order valence-corrected chi connectivity index (χ4v) is 4.20. The number of nitrogens with zero attached hydrogens (tertiary/aromatic N) is 2. The summed E-state index contributed by atoms with van der Waals surface area (Å²) >= 11 is 0. The number of amides is 4. The zero-order valence-corrected chi connectivity index (χ0v) is 17.4. The van der Waals surface area contributed by atoms with Gasteiger partial charge in [-0.25, -0.2) is 4.79 Å². The van der Waals surface area contributed by atoms with Crippen LogP contribution in [0.5, 0.6) is 0 Å². The monoisotopic (exact) mass is 452 g/mol. The molecule has 1 fully saturated rings. The van der Waals surface area contributed by atoms with Crippen LogP contribution in [0, 0.1) is 10.1 Å². The fourth-order valence-electron chi connectivity index (χ4n) is 4.20. The summed E-state index contributed by atoms with van der Waals surface area (Å²) in [6, 6.07) is 12.2. The first-order valence-corrected chi connectivity index (χ1v) is 10.2. The molecule has 2 aliphatic rings. The van der Waals surface area contributed by atoms with E-state index in [1.165, 1.54) is 24.3 Å². The summed E-state index contributed by atoms with van der Waals surface area (Å²) in [4.78, 5) is 61.2. The van der Waals surface area contributed by atoms with Crippen LogP contribution in [0.4, 0.5) is 16.2 Å². The number of nitro benzene ring substituents is 1. The quantitative estimate of drug-likeness (QED) is 0.294. The average Bonchev–Trinajstić information content (AvgIpc) is 3.03. The number of fused-ring (bicyclic) bond motifs is 2. The molecule has 1 saturated heterocycles. The highest BCUT2D eigenvalue weighted by Gasteiger charge is 2.54. The van der Waals surface area contributed by atoms with Gasteiger partial charge in [-0.2, -0.15) is 0 Å². The van der Waals surface area contributed by atoms with Crippen molar-refractivity contribution in [2.24, 2.45) is 0 Å². The molecule has 1 aliphatic heterocycles. The molecule has 0 bridgehead atoms. The molecule has 2 aromatic carbocycles. The van der Waals surface area contributed by atoms with E-state index in [9.17, 15) is 29.3 Å². The van der Waals surface area contributed by atoms with Gasteiger partial charge in [-0.05, 0) is 36.5 Å². The van der Waals surface area contributed by atoms with Crippen LogP contribution < -0.4 is 10.6 Å². The van der Waals surface area contributed by atoms with Crippen molar-refractivity contribution >= 4 is 35.2 Å². The number of hydrogen-bond donors (Lipinski definition) is 2. The molecule has 2 N–H and O–H groups in total. The van der Waals surface area contributed by atoms with Gasteiger partial charge in [-0.15, -0.1) is 0 Å². The number of para-hydroxylation sites is 2. The Kier molecular flexibility index (Phi) is 5.78. The lowest BCUT2D eigenvalue weighted by Gasteiger charge is -2.33. The Morgan fingerprint density at radius 1 is 1.15 bits per heavy atom. The van der Waals surface area contributed by atoms with Crippen molar-refractivity contribution in [3.8, 4) is 0 Å². The number of carbonyl (C=O) groups excluding carboxylic acids is 4. The number of nitro groups is 1. The fraction of sp³-hybridized carbons (Fsp3) is 0.273. The highest BCUT2D eigenvalue weighted by Crippen LogP contribution is 2.39. The van der Waals surface area contributed by atoms with Gasteiger partial charge in [0.05, 0.1) is 4.92 Å². The lowest BCUT2D eigenvalue weighted by atomic mass is 9.76. The van der Waals surface area contributed by atoms with Crippen molar-refractivity contribution in [2.45, 2.75) is 24.8 Å². The van der Waals surface area contributed by atoms with Crippen LogP contribution in [0.25, 0.3) is 0 Å². The molecule has 170 valence electrons. The summed E-state index contributed by atoms with van der Waals surface area (Å²) < 4.78 is 4.89. The number of esters is 1. The molecule has 11 heteroatoms. The number of nitrogens with one attached hydrogen (secondary N) is 2. The number of rotatable bonds is 6. The second-order valence-electron chi connectivity index (χ2n) is 7.72. The van der Waals surface area contributed by atoms with E-state index in [1.807, 2.05) is 12.1 Å². The number of aryl methyl sites for hydroxylation is 1. The zero-order valence-electron chi connectivity index (χ0n) is 17.4. The van der Waals surface area contributed by atoms with Crippen LogP contribution in [0.1, 0.15) is 24.0 Å². The van der Waals surface area contributed by atoms with E-state index in [4.69, 9.17) is 4.74 Å². The van der Waals surface area contributed by atoms with Gasteiger partial charge >= 0.3 is 12.0 Å². The Labute approximate surface area is 187 Å². The molecule has 33 heavy (non-hydrogen) atoms. The lowest BCUT2D eigenvalue weighted by Crippen LogP contribution is -2.46. The molecule has 4 amide bonds. The van der Waals surface area contributed by atoms with Gasteiger partial charge < -0.3 is 15.4 Å². The van der Waals surface area contributed by atoms with E-state index in [-0.39, 0.29) is 11.4 Å². The number of ether oxygens (including phenoxy) is 1. The predicted octanol–water partition coefficient (Wildman–Crippen LogP) is 1.86. The van der Waals surface area contributed by atoms with Gasteiger partial charge in [-0.1, -0.05) is 36.4 Å². The maximum absolute atomic E-state index is 13.2. The molecular weight excluding hydrogens is 432 g/mol. The minimum absolute atomic E-state index is 0.0458. The van der Waals surface area contributed by atoms with Crippen LogP contribution in [0.2, 0.25) is 0 Å². The summed E-state index contributed by atoms with van der Waals surface area (Å²) in [6.07, 6.45) is 1.91. The Bertz CT molecular complexity index is 1160. The van der Waals surface area contributed by atoms with Crippen molar-refractivity contribution in [3.05, 3.63) is 69.8 Å². The van der Waals surface area contributed by atoms with Crippen molar-refractivity contribution in [3.63, 3.8) is 0 Å². The van der Waals surface area contributed by atoms with Crippen molar-refractivity contribution in [2.75, 3.05) is 18.5 Å². The third-order valence-electron chi connectivity index (χ3n) is 5.68. The SMILES string of the molecule is O=C(COC(=O)CN1C(=O)NC2(CCCc3ccccc32)C1=O)Nc1ccccc1[N+](=O)[O-]. The predicted molar refractivity (Wildman–Crippen MR) is 114 cm³/mol. The normalized spacial score (nSPS) is 19.1. The summed E-state index contributed by atoms with van der Waals surface area (Å²) in [5.74, 6) is -2.30. The van der Waals surface area contributed by atoms with E-state index in [2.05, 4.69) is 10.6 Å². The Morgan fingerprint density at radius 3 is 2.67 bits per heavy atom. The largest absolute Gasteiger partial charge is 0.454 e. The minimum atomic E-state index is -1.21. The van der Waals surface area contributed by atoms with Crippen molar-refractivity contribution in [1.29, 1.82) is 0 Å². The summed E-state index contributed by atoms with van der Waals surface area (Å²) in [6.45, 7) is -1.39. The number of benzene rings is 2. The molecule has 11 nitrogen and oxygen atoms in total. The third kappa shape index (κ3) is 4.12. The van der Waals surface area contributed by atoms with E-state index >= 15 is 0 Å². The van der Waals surface area contributed by atoms with E-state index in [1.54, 1.807) is 12.1 Å². The minimum Gasteiger partial charge on any atom is -0.454 e. The van der Waals surface area contributed by atoms with Crippen LogP contribution in [0.3, 0.4) is 0 Å². The first-order chi connectivity index (χ1) is 15.8. The molecule has 0 saturated carbocycles. The average molecular weight is 452 g/mol. The van der Waals surface area contributed by atoms with Gasteiger partial charge in [0.1, 0.15) is 17.8 Å². The van der Waals surface area contributed by atoms with Gasteiger partial charge in [0.15, 0.2) is 6.61 Å². The standard InChI is InChI=1S/C22H20N4O7/c27-18(23-16-9-3-4-10-17(16)26(31)32)13-33-19(28)12-25-20(29)22(24-21(25)30)11-5-7-14-6-1-2-8-15(14)22/h1-4,6,8-10H,5,7,11-13H2,(H,23,27)(H,24,30). The van der Waals surface area contributed by atoms with Crippen LogP contribution in [-0.2, 0) is 31.1 Å². The Hall–Kier alpha value is -4.28. The number of carbonyl (C=O) groups is 4. The first-order valence-electron chi connectivity index (χ1n) is 10.2.